The van der Waals surface area contributed by atoms with Gasteiger partial charge in [-0.1, -0.05) is 39.3 Å². The molecule has 19 heavy (non-hydrogen) atoms. The quantitative estimate of drug-likeness (QED) is 0.501. The van der Waals surface area contributed by atoms with Crippen LogP contribution in [0.5, 0.6) is 0 Å². The summed E-state index contributed by atoms with van der Waals surface area (Å²) in [5, 5.41) is 0. The summed E-state index contributed by atoms with van der Waals surface area (Å²) >= 11 is 12.4. The molecule has 0 radical (unpaired) electrons. The van der Waals surface area contributed by atoms with Crippen molar-refractivity contribution >= 4 is 56.6 Å². The lowest BCUT2D eigenvalue weighted by molar-refractivity contribution is 0.525. The van der Waals surface area contributed by atoms with Crippen molar-refractivity contribution in [2.75, 3.05) is 11.0 Å². The molecule has 3 nitrogen and oxygen atoms in total. The molecule has 0 bridgehead atoms. The van der Waals surface area contributed by atoms with Crippen LogP contribution < -0.4 is 9.30 Å². The van der Waals surface area contributed by atoms with Gasteiger partial charge in [0, 0.05) is 0 Å². The Hall–Kier alpha value is 1.33. The lowest BCUT2D eigenvalue weighted by Crippen LogP contribution is -2.72. The van der Waals surface area contributed by atoms with Crippen LogP contribution >= 0.6 is 23.2 Å². The summed E-state index contributed by atoms with van der Waals surface area (Å²) in [6, 6.07) is 0. The molecule has 0 aromatic rings. The summed E-state index contributed by atoms with van der Waals surface area (Å²) in [5.74, 6) is 0. The molecule has 0 aromatic carbocycles. The van der Waals surface area contributed by atoms with Gasteiger partial charge in [0.15, 0.2) is 0 Å². The van der Waals surface area contributed by atoms with Gasteiger partial charge in [-0.3, -0.25) is 0 Å². The van der Waals surface area contributed by atoms with Crippen molar-refractivity contribution in [3.63, 3.8) is 0 Å². The number of nitrogens with one attached hydrogen (secondary N) is 2. The van der Waals surface area contributed by atoms with Crippen molar-refractivity contribution in [2.45, 2.75) is 52.4 Å². The minimum absolute atomic E-state index is 0.560. The third kappa shape index (κ3) is 9.05. The molecule has 0 aliphatic heterocycles. The van der Waals surface area contributed by atoms with Crippen LogP contribution in [0.2, 0.25) is 52.4 Å². The van der Waals surface area contributed by atoms with Crippen molar-refractivity contribution in [1.29, 1.82) is 0 Å². The molecule has 0 heterocycles. The largest absolute Gasteiger partial charge is 0.432 e. The maximum Gasteiger partial charge on any atom is 0.264 e. The Bertz CT molecular complexity index is 270. The van der Waals surface area contributed by atoms with Gasteiger partial charge in [-0.25, -0.2) is 0 Å². The van der Waals surface area contributed by atoms with Crippen molar-refractivity contribution in [3.05, 3.63) is 0 Å². The molecule has 2 unspecified atom stereocenters. The maximum atomic E-state index is 6.54. The Kier molecular flexibility index (Phi) is 7.55. The highest BCUT2D eigenvalue weighted by Gasteiger charge is 2.43. The second-order valence-electron chi connectivity index (χ2n) is 7.58. The Morgan fingerprint density at radius 1 is 0.684 bits per heavy atom. The van der Waals surface area contributed by atoms with Crippen LogP contribution in [-0.2, 0) is 4.12 Å². The summed E-state index contributed by atoms with van der Waals surface area (Å²) in [6.45, 7) is 18.0. The normalized spacial score (nSPS) is 19.9. The number of rotatable bonds is 8. The predicted molar refractivity (Wildman–Crippen MR) is 98.7 cm³/mol. The zero-order valence-corrected chi connectivity index (χ0v) is 19.1. The molecule has 0 saturated heterocycles. The van der Waals surface area contributed by atoms with E-state index >= 15 is 0 Å². The highest BCUT2D eigenvalue weighted by atomic mass is 35.5. The fourth-order valence-corrected chi connectivity index (χ4v) is 23.4. The first-order valence-corrected chi connectivity index (χ1v) is 19.9. The smallest absolute Gasteiger partial charge is 0.264 e. The first kappa shape index (κ1) is 20.3. The lowest BCUT2D eigenvalue weighted by atomic mass is 11.8. The average molecular weight is 378 g/mol. The lowest BCUT2D eigenvalue weighted by Gasteiger charge is -2.42. The molecule has 0 saturated carbocycles. The predicted octanol–water partition coefficient (Wildman–Crippen LogP) is 3.55. The van der Waals surface area contributed by atoms with E-state index < -0.39 is 33.4 Å². The first-order chi connectivity index (χ1) is 8.24. The van der Waals surface area contributed by atoms with Crippen molar-refractivity contribution in [1.82, 2.24) is 9.30 Å². The van der Waals surface area contributed by atoms with E-state index in [1.54, 1.807) is 0 Å². The fraction of sp³-hybridized carbons (Fsp3) is 1.00. The summed E-state index contributed by atoms with van der Waals surface area (Å²) in [5.41, 5.74) is 1.12. The molecule has 0 amide bonds. The third-order valence-electron chi connectivity index (χ3n) is 2.24. The zero-order valence-electron chi connectivity index (χ0n) is 13.6. The monoisotopic (exact) mass is 376 g/mol. The van der Waals surface area contributed by atoms with Gasteiger partial charge < -0.3 is 13.4 Å². The summed E-state index contributed by atoms with van der Waals surface area (Å²) < 4.78 is 14.0. The van der Waals surface area contributed by atoms with E-state index in [0.717, 1.165) is 0 Å². The van der Waals surface area contributed by atoms with Gasteiger partial charge in [-0.15, -0.1) is 23.2 Å². The Morgan fingerprint density at radius 2 is 0.947 bits per heavy atom. The van der Waals surface area contributed by atoms with Gasteiger partial charge >= 0.3 is 0 Å². The average Bonchev–Trinajstić information content (AvgIpc) is 2.11. The molecule has 0 spiro atoms. The van der Waals surface area contributed by atoms with Gasteiger partial charge in [-0.2, -0.15) is 0 Å². The van der Waals surface area contributed by atoms with E-state index in [1.807, 2.05) is 0 Å². The van der Waals surface area contributed by atoms with Crippen molar-refractivity contribution < 1.29 is 4.12 Å². The molecule has 116 valence electrons. The summed E-state index contributed by atoms with van der Waals surface area (Å²) in [7, 11) is -7.04. The minimum Gasteiger partial charge on any atom is -0.432 e. The van der Waals surface area contributed by atoms with Crippen LogP contribution in [0.25, 0.3) is 0 Å². The van der Waals surface area contributed by atoms with E-state index in [9.17, 15) is 0 Å². The van der Waals surface area contributed by atoms with Crippen LogP contribution in [0.15, 0.2) is 0 Å². The topological polar surface area (TPSA) is 33.3 Å². The number of hydrogen-bond donors (Lipinski definition) is 2. The van der Waals surface area contributed by atoms with Gasteiger partial charge in [-0.05, 0) is 13.1 Å². The summed E-state index contributed by atoms with van der Waals surface area (Å²) in [4.78, 5) is 0. The molecule has 0 fully saturated rings. The molecule has 2 atom stereocenters. The summed E-state index contributed by atoms with van der Waals surface area (Å²) in [6.07, 6.45) is 0. The number of alkyl halides is 2. The van der Waals surface area contributed by atoms with Crippen molar-refractivity contribution in [2.24, 2.45) is 0 Å². The van der Waals surface area contributed by atoms with E-state index in [1.165, 1.54) is 0 Å². The van der Waals surface area contributed by atoms with Crippen LogP contribution in [0.1, 0.15) is 0 Å². The van der Waals surface area contributed by atoms with E-state index in [2.05, 4.69) is 61.7 Å². The van der Waals surface area contributed by atoms with E-state index in [4.69, 9.17) is 27.3 Å². The number of halogens is 2. The van der Waals surface area contributed by atoms with Crippen LogP contribution in [-0.4, -0.2) is 44.4 Å². The Balaban J connectivity index is 5.00. The molecule has 0 aliphatic carbocycles. The highest BCUT2D eigenvalue weighted by Crippen LogP contribution is 2.17. The van der Waals surface area contributed by atoms with Crippen LogP contribution in [0, 0.1) is 0 Å². The SMILES string of the molecule is C[Si](C)(C)N[Si](C)(CCl)O[Si](C)(CCl)N[Si](C)(C)C. The Labute approximate surface area is 133 Å². The molecule has 9 heteroatoms. The molecule has 0 rings (SSSR count). The van der Waals surface area contributed by atoms with Gasteiger partial charge in [0.2, 0.25) is 0 Å². The molecule has 2 N–H and O–H groups in total. The third-order valence-corrected chi connectivity index (χ3v) is 20.2. The highest BCUT2D eigenvalue weighted by molar-refractivity contribution is 6.98. The molecule has 0 aromatic heterocycles. The van der Waals surface area contributed by atoms with Crippen LogP contribution in [0.3, 0.4) is 0 Å². The molecule has 0 aliphatic rings. The second kappa shape index (κ2) is 7.06. The van der Waals surface area contributed by atoms with E-state index in [-0.39, 0.29) is 0 Å². The Morgan fingerprint density at radius 3 is 1.11 bits per heavy atom. The number of hydrogen-bond acceptors (Lipinski definition) is 3. The zero-order chi connectivity index (χ0) is 15.5. The van der Waals surface area contributed by atoms with Gasteiger partial charge in [0.25, 0.3) is 17.0 Å². The molecular formula is C10H30Cl2N2OSi4. The van der Waals surface area contributed by atoms with Crippen molar-refractivity contribution in [3.8, 4) is 0 Å². The maximum absolute atomic E-state index is 6.54. The second-order valence-corrected chi connectivity index (χ2v) is 26.5. The molecular weight excluding hydrogens is 347 g/mol. The van der Waals surface area contributed by atoms with E-state index in [0.29, 0.717) is 11.0 Å². The van der Waals surface area contributed by atoms with Crippen LogP contribution in [0.4, 0.5) is 0 Å². The van der Waals surface area contributed by atoms with Gasteiger partial charge in [0.05, 0.1) is 11.0 Å². The van der Waals surface area contributed by atoms with Gasteiger partial charge in [0.1, 0.15) is 16.5 Å². The minimum atomic E-state index is -2.10. The standard InChI is InChI=1S/C10H30Cl2N2OSi4/c1-16(2,3)13-18(7,9-11)15-19(8,10-12)14-17(4,5)6/h13-14H,9-10H2,1-8H3. The fourth-order valence-electron chi connectivity index (χ4n) is 2.26. The first-order valence-electron chi connectivity index (χ1n) is 6.65.